The van der Waals surface area contributed by atoms with Crippen molar-refractivity contribution in [2.24, 2.45) is 5.92 Å². The molecule has 1 amide bonds. The highest BCUT2D eigenvalue weighted by Gasteiger charge is 2.30. The Kier molecular flexibility index (Phi) is 7.66. The first kappa shape index (κ1) is 23.9. The van der Waals surface area contributed by atoms with Crippen LogP contribution < -0.4 is 14.8 Å². The molecule has 0 aliphatic heterocycles. The molecule has 0 aliphatic carbocycles. The molecule has 0 aromatic heterocycles. The standard InChI is InChI=1S/C23H32N2O4S/c1-16(2)21(25-30(27,28)19-13-11-18(29-6)12-14-19)22(26)24-15-23(4,5)20-10-8-7-9-17(20)3/h7-14,16,21,25H,15H2,1-6H3,(H,24,26)/t21-/m0/s1. The van der Waals surface area contributed by atoms with Crippen LogP contribution in [0, 0.1) is 12.8 Å². The average molecular weight is 433 g/mol. The number of nitrogens with one attached hydrogen (secondary N) is 2. The van der Waals surface area contributed by atoms with Gasteiger partial charge in [0.2, 0.25) is 15.9 Å². The Hall–Kier alpha value is -2.38. The van der Waals surface area contributed by atoms with Crippen molar-refractivity contribution < 1.29 is 17.9 Å². The molecule has 164 valence electrons. The normalized spacial score (nSPS) is 13.2. The van der Waals surface area contributed by atoms with E-state index in [2.05, 4.69) is 23.9 Å². The molecule has 0 heterocycles. The van der Waals surface area contributed by atoms with Gasteiger partial charge in [-0.2, -0.15) is 4.72 Å². The summed E-state index contributed by atoms with van der Waals surface area (Å²) in [6.07, 6.45) is 0. The second-order valence-corrected chi connectivity index (χ2v) is 10.1. The molecule has 0 bridgehead atoms. The van der Waals surface area contributed by atoms with Gasteiger partial charge >= 0.3 is 0 Å². The van der Waals surface area contributed by atoms with Crippen LogP contribution in [0.5, 0.6) is 5.75 Å². The van der Waals surface area contributed by atoms with Crippen molar-refractivity contribution in [3.05, 3.63) is 59.7 Å². The van der Waals surface area contributed by atoms with Gasteiger partial charge in [-0.25, -0.2) is 8.42 Å². The molecular formula is C23H32N2O4S. The molecule has 0 spiro atoms. The van der Waals surface area contributed by atoms with Gasteiger partial charge in [0.15, 0.2) is 0 Å². The lowest BCUT2D eigenvalue weighted by atomic mass is 9.82. The van der Waals surface area contributed by atoms with E-state index in [1.807, 2.05) is 45.0 Å². The zero-order valence-corrected chi connectivity index (χ0v) is 19.3. The SMILES string of the molecule is COc1ccc(S(=O)(=O)N[C@H](C(=O)NCC(C)(C)c2ccccc2C)C(C)C)cc1. The Labute approximate surface area is 180 Å². The molecule has 0 aliphatic rings. The smallest absolute Gasteiger partial charge is 0.241 e. The third kappa shape index (κ3) is 5.83. The van der Waals surface area contributed by atoms with Crippen LogP contribution in [0.25, 0.3) is 0 Å². The topological polar surface area (TPSA) is 84.5 Å². The number of hydrogen-bond donors (Lipinski definition) is 2. The van der Waals surface area contributed by atoms with Crippen LogP contribution in [0.1, 0.15) is 38.8 Å². The first-order chi connectivity index (χ1) is 14.0. The first-order valence-electron chi connectivity index (χ1n) is 9.98. The predicted molar refractivity (Wildman–Crippen MR) is 119 cm³/mol. The molecule has 30 heavy (non-hydrogen) atoms. The summed E-state index contributed by atoms with van der Waals surface area (Å²) >= 11 is 0. The van der Waals surface area contributed by atoms with E-state index in [9.17, 15) is 13.2 Å². The van der Waals surface area contributed by atoms with Gasteiger partial charge in [0.25, 0.3) is 0 Å². The molecule has 1 atom stereocenters. The van der Waals surface area contributed by atoms with Crippen LogP contribution in [-0.2, 0) is 20.2 Å². The third-order valence-electron chi connectivity index (χ3n) is 5.18. The molecule has 0 saturated heterocycles. The number of carbonyl (C=O) groups is 1. The molecule has 0 unspecified atom stereocenters. The van der Waals surface area contributed by atoms with Gasteiger partial charge in [-0.05, 0) is 48.2 Å². The molecular weight excluding hydrogens is 400 g/mol. The van der Waals surface area contributed by atoms with Crippen molar-refractivity contribution in [3.8, 4) is 5.75 Å². The van der Waals surface area contributed by atoms with Crippen LogP contribution in [0.4, 0.5) is 0 Å². The lowest BCUT2D eigenvalue weighted by Gasteiger charge is -2.29. The molecule has 6 nitrogen and oxygen atoms in total. The number of ether oxygens (including phenoxy) is 1. The zero-order chi connectivity index (χ0) is 22.5. The van der Waals surface area contributed by atoms with Crippen LogP contribution in [0.3, 0.4) is 0 Å². The fourth-order valence-corrected chi connectivity index (χ4v) is 4.67. The van der Waals surface area contributed by atoms with Crippen molar-refractivity contribution in [1.29, 1.82) is 0 Å². The zero-order valence-electron chi connectivity index (χ0n) is 18.5. The van der Waals surface area contributed by atoms with Gasteiger partial charge in [-0.15, -0.1) is 0 Å². The highest BCUT2D eigenvalue weighted by molar-refractivity contribution is 7.89. The number of rotatable bonds is 9. The summed E-state index contributed by atoms with van der Waals surface area (Å²) in [5.74, 6) is -0.00566. The van der Waals surface area contributed by atoms with Crippen LogP contribution >= 0.6 is 0 Å². The highest BCUT2D eigenvalue weighted by Crippen LogP contribution is 2.25. The van der Waals surface area contributed by atoms with Crippen molar-refractivity contribution in [1.82, 2.24) is 10.0 Å². The Morgan fingerprint density at radius 3 is 2.20 bits per heavy atom. The molecule has 0 saturated carbocycles. The van der Waals surface area contributed by atoms with E-state index in [1.165, 1.54) is 19.2 Å². The minimum Gasteiger partial charge on any atom is -0.497 e. The monoisotopic (exact) mass is 432 g/mol. The molecule has 0 fully saturated rings. The number of hydrogen-bond acceptors (Lipinski definition) is 4. The summed E-state index contributed by atoms with van der Waals surface area (Å²) in [5.41, 5.74) is 2.00. The van der Waals surface area contributed by atoms with Crippen LogP contribution in [-0.4, -0.2) is 34.0 Å². The largest absolute Gasteiger partial charge is 0.497 e. The molecule has 0 radical (unpaired) electrons. The van der Waals surface area contributed by atoms with E-state index < -0.39 is 16.1 Å². The van der Waals surface area contributed by atoms with E-state index in [1.54, 1.807) is 12.1 Å². The lowest BCUT2D eigenvalue weighted by Crippen LogP contribution is -2.51. The molecule has 2 rings (SSSR count). The van der Waals surface area contributed by atoms with E-state index >= 15 is 0 Å². The van der Waals surface area contributed by atoms with E-state index in [0.29, 0.717) is 12.3 Å². The van der Waals surface area contributed by atoms with Crippen molar-refractivity contribution in [2.75, 3.05) is 13.7 Å². The van der Waals surface area contributed by atoms with Crippen molar-refractivity contribution in [3.63, 3.8) is 0 Å². The predicted octanol–water partition coefficient (Wildman–Crippen LogP) is 3.40. The highest BCUT2D eigenvalue weighted by atomic mass is 32.2. The summed E-state index contributed by atoms with van der Waals surface area (Å²) in [5, 5.41) is 2.94. The summed E-state index contributed by atoms with van der Waals surface area (Å²) in [6, 6.07) is 13.2. The Morgan fingerprint density at radius 2 is 1.67 bits per heavy atom. The quantitative estimate of drug-likeness (QED) is 0.636. The van der Waals surface area contributed by atoms with E-state index in [4.69, 9.17) is 4.74 Å². The minimum atomic E-state index is -3.85. The first-order valence-corrected chi connectivity index (χ1v) is 11.5. The third-order valence-corrected chi connectivity index (χ3v) is 6.64. The second-order valence-electron chi connectivity index (χ2n) is 8.44. The van der Waals surface area contributed by atoms with Crippen molar-refractivity contribution in [2.45, 2.75) is 51.0 Å². The number of carbonyl (C=O) groups excluding carboxylic acids is 1. The van der Waals surface area contributed by atoms with Gasteiger partial charge in [-0.3, -0.25) is 4.79 Å². The number of aryl methyl sites for hydroxylation is 1. The van der Waals surface area contributed by atoms with Crippen LogP contribution in [0.15, 0.2) is 53.4 Å². The van der Waals surface area contributed by atoms with E-state index in [0.717, 1.165) is 11.1 Å². The summed E-state index contributed by atoms with van der Waals surface area (Å²) in [7, 11) is -2.34. The van der Waals surface area contributed by atoms with Gasteiger partial charge in [0, 0.05) is 12.0 Å². The molecule has 2 aromatic carbocycles. The van der Waals surface area contributed by atoms with Gasteiger partial charge in [0.1, 0.15) is 11.8 Å². The molecule has 2 N–H and O–H groups in total. The van der Waals surface area contributed by atoms with Crippen LogP contribution in [0.2, 0.25) is 0 Å². The average Bonchev–Trinajstić information content (AvgIpc) is 2.70. The van der Waals surface area contributed by atoms with Crippen molar-refractivity contribution >= 4 is 15.9 Å². The van der Waals surface area contributed by atoms with E-state index in [-0.39, 0.29) is 22.1 Å². The maximum atomic E-state index is 12.9. The molecule has 7 heteroatoms. The maximum Gasteiger partial charge on any atom is 0.241 e. The second kappa shape index (κ2) is 9.62. The Balaban J connectivity index is 2.13. The van der Waals surface area contributed by atoms with Gasteiger partial charge in [0.05, 0.1) is 12.0 Å². The van der Waals surface area contributed by atoms with Gasteiger partial charge in [-0.1, -0.05) is 52.0 Å². The minimum absolute atomic E-state index is 0.0852. The fraction of sp³-hybridized carbons (Fsp3) is 0.435. The van der Waals surface area contributed by atoms with Gasteiger partial charge < -0.3 is 10.1 Å². The summed E-state index contributed by atoms with van der Waals surface area (Å²) in [6.45, 7) is 10.2. The number of methoxy groups -OCH3 is 1. The lowest BCUT2D eigenvalue weighted by molar-refractivity contribution is -0.123. The number of sulfonamides is 1. The Bertz CT molecular complexity index is 967. The fourth-order valence-electron chi connectivity index (χ4n) is 3.33. The summed E-state index contributed by atoms with van der Waals surface area (Å²) < 4.78 is 33.2. The summed E-state index contributed by atoms with van der Waals surface area (Å²) in [4.78, 5) is 13.0. The Morgan fingerprint density at radius 1 is 1.07 bits per heavy atom. The number of benzene rings is 2. The molecule has 2 aromatic rings. The number of amides is 1. The maximum absolute atomic E-state index is 12.9.